The van der Waals surface area contributed by atoms with Crippen LogP contribution in [0.2, 0.25) is 0 Å². The van der Waals surface area contributed by atoms with Gasteiger partial charge < -0.3 is 5.11 Å². The van der Waals surface area contributed by atoms with E-state index in [2.05, 4.69) is 63.2 Å². The van der Waals surface area contributed by atoms with Crippen molar-refractivity contribution in [2.24, 2.45) is 0 Å². The van der Waals surface area contributed by atoms with Crippen LogP contribution in [0.1, 0.15) is 26.3 Å². The molecule has 0 saturated carbocycles. The zero-order chi connectivity index (χ0) is 17.6. The molecule has 0 bridgehead atoms. The maximum atomic E-state index is 11.0. The number of fused-ring (bicyclic) bond motifs is 2. The average Bonchev–Trinajstić information content (AvgIpc) is 2.60. The number of benzene rings is 4. The van der Waals surface area contributed by atoms with E-state index >= 15 is 0 Å². The van der Waals surface area contributed by atoms with Crippen LogP contribution in [-0.4, -0.2) is 5.11 Å². The third-order valence-electron chi connectivity index (χ3n) is 4.87. The second-order valence-corrected chi connectivity index (χ2v) is 7.64. The lowest BCUT2D eigenvalue weighted by Gasteiger charge is -2.26. The first-order valence-electron chi connectivity index (χ1n) is 8.70. The van der Waals surface area contributed by atoms with Gasteiger partial charge in [0.05, 0.1) is 0 Å². The summed E-state index contributed by atoms with van der Waals surface area (Å²) in [5.41, 5.74) is 3.24. The molecule has 0 unspecified atom stereocenters. The van der Waals surface area contributed by atoms with Gasteiger partial charge in [-0.15, -0.1) is 0 Å². The average molecular weight is 326 g/mol. The van der Waals surface area contributed by atoms with Crippen LogP contribution in [0.5, 0.6) is 5.75 Å². The molecule has 1 N–H and O–H groups in total. The Morgan fingerprint density at radius 2 is 1.12 bits per heavy atom. The van der Waals surface area contributed by atoms with Crippen molar-refractivity contribution >= 4 is 21.5 Å². The maximum absolute atomic E-state index is 11.0. The number of phenols is 1. The van der Waals surface area contributed by atoms with Crippen molar-refractivity contribution in [2.75, 3.05) is 0 Å². The van der Waals surface area contributed by atoms with Gasteiger partial charge in [-0.25, -0.2) is 0 Å². The smallest absolute Gasteiger partial charge is 0.131 e. The summed E-state index contributed by atoms with van der Waals surface area (Å²) in [6, 6.07) is 24.9. The molecule has 4 aromatic carbocycles. The van der Waals surface area contributed by atoms with Crippen molar-refractivity contribution in [3.63, 3.8) is 0 Å². The minimum atomic E-state index is -0.0335. The molecule has 0 aliphatic heterocycles. The van der Waals surface area contributed by atoms with E-state index < -0.39 is 0 Å². The predicted octanol–water partition coefficient (Wildman–Crippen LogP) is 6.66. The highest BCUT2D eigenvalue weighted by atomic mass is 16.3. The fourth-order valence-corrected chi connectivity index (χ4v) is 3.78. The van der Waals surface area contributed by atoms with Gasteiger partial charge in [0.2, 0.25) is 0 Å². The summed E-state index contributed by atoms with van der Waals surface area (Å²) in [6.07, 6.45) is 0. The molecule has 4 rings (SSSR count). The largest absolute Gasteiger partial charge is 0.507 e. The van der Waals surface area contributed by atoms with Gasteiger partial charge in [-0.05, 0) is 32.7 Å². The van der Waals surface area contributed by atoms with Gasteiger partial charge in [0, 0.05) is 10.9 Å². The van der Waals surface area contributed by atoms with Crippen molar-refractivity contribution in [1.29, 1.82) is 0 Å². The molecular formula is C24H22O. The molecule has 0 amide bonds. The standard InChI is InChI=1S/C24H22O/c1-24(2,3)22-18-10-6-4-8-16(18)12-14-20(22)21-15-13-17-9-5-7-11-19(17)23(21)25/h4-15,25H,1-3H3. The van der Waals surface area contributed by atoms with E-state index in [0.29, 0.717) is 5.75 Å². The van der Waals surface area contributed by atoms with E-state index in [9.17, 15) is 5.11 Å². The molecule has 0 atom stereocenters. The SMILES string of the molecule is CC(C)(C)c1c(-c2ccc3ccccc3c2O)ccc2ccccc12. The first-order chi connectivity index (χ1) is 12.0. The van der Waals surface area contributed by atoms with Crippen molar-refractivity contribution in [3.05, 3.63) is 78.4 Å². The lowest BCUT2D eigenvalue weighted by molar-refractivity contribution is 0.483. The maximum Gasteiger partial charge on any atom is 0.131 e. The Hall–Kier alpha value is -2.80. The molecule has 0 aliphatic rings. The molecule has 0 saturated heterocycles. The second kappa shape index (κ2) is 5.63. The highest BCUT2D eigenvalue weighted by Crippen LogP contribution is 2.43. The fraction of sp³-hybridized carbons (Fsp3) is 0.167. The number of rotatable bonds is 1. The summed E-state index contributed by atoms with van der Waals surface area (Å²) in [5, 5.41) is 15.4. The van der Waals surface area contributed by atoms with E-state index in [1.54, 1.807) is 0 Å². The quantitative estimate of drug-likeness (QED) is 0.414. The molecular weight excluding hydrogens is 304 g/mol. The number of hydrogen-bond acceptors (Lipinski definition) is 1. The summed E-state index contributed by atoms with van der Waals surface area (Å²) in [6.45, 7) is 6.70. The highest BCUT2D eigenvalue weighted by Gasteiger charge is 2.23. The third kappa shape index (κ3) is 2.56. The summed E-state index contributed by atoms with van der Waals surface area (Å²) in [5.74, 6) is 0.360. The summed E-state index contributed by atoms with van der Waals surface area (Å²) >= 11 is 0. The summed E-state index contributed by atoms with van der Waals surface area (Å²) < 4.78 is 0. The monoisotopic (exact) mass is 326 g/mol. The third-order valence-corrected chi connectivity index (χ3v) is 4.87. The van der Waals surface area contributed by atoms with Gasteiger partial charge in [-0.2, -0.15) is 0 Å². The van der Waals surface area contributed by atoms with Crippen LogP contribution in [0.25, 0.3) is 32.7 Å². The van der Waals surface area contributed by atoms with Crippen LogP contribution in [0.3, 0.4) is 0 Å². The van der Waals surface area contributed by atoms with Crippen LogP contribution in [-0.2, 0) is 5.41 Å². The number of aromatic hydroxyl groups is 1. The molecule has 0 aliphatic carbocycles. The van der Waals surface area contributed by atoms with E-state index in [-0.39, 0.29) is 5.41 Å². The van der Waals surface area contributed by atoms with Crippen LogP contribution >= 0.6 is 0 Å². The Morgan fingerprint density at radius 1 is 0.600 bits per heavy atom. The second-order valence-electron chi connectivity index (χ2n) is 7.64. The van der Waals surface area contributed by atoms with Gasteiger partial charge in [-0.3, -0.25) is 0 Å². The topological polar surface area (TPSA) is 20.2 Å². The van der Waals surface area contributed by atoms with Gasteiger partial charge >= 0.3 is 0 Å². The van der Waals surface area contributed by atoms with Gasteiger partial charge in [0.1, 0.15) is 5.75 Å². The molecule has 1 heteroatoms. The minimum absolute atomic E-state index is 0.0335. The van der Waals surface area contributed by atoms with Crippen molar-refractivity contribution in [1.82, 2.24) is 0 Å². The fourth-order valence-electron chi connectivity index (χ4n) is 3.78. The van der Waals surface area contributed by atoms with Crippen LogP contribution in [0.4, 0.5) is 0 Å². The highest BCUT2D eigenvalue weighted by molar-refractivity contribution is 5.99. The van der Waals surface area contributed by atoms with Crippen molar-refractivity contribution in [2.45, 2.75) is 26.2 Å². The Labute approximate surface area is 148 Å². The molecule has 1 nitrogen and oxygen atoms in total. The number of hydrogen-bond donors (Lipinski definition) is 1. The first-order valence-corrected chi connectivity index (χ1v) is 8.70. The molecule has 25 heavy (non-hydrogen) atoms. The van der Waals surface area contributed by atoms with E-state index in [1.807, 2.05) is 30.3 Å². The van der Waals surface area contributed by atoms with Crippen molar-refractivity contribution in [3.8, 4) is 16.9 Å². The minimum Gasteiger partial charge on any atom is -0.507 e. The Balaban J connectivity index is 2.10. The lowest BCUT2D eigenvalue weighted by atomic mass is 9.78. The van der Waals surface area contributed by atoms with Crippen LogP contribution in [0.15, 0.2) is 72.8 Å². The summed E-state index contributed by atoms with van der Waals surface area (Å²) in [4.78, 5) is 0. The molecule has 0 radical (unpaired) electrons. The predicted molar refractivity (Wildman–Crippen MR) is 107 cm³/mol. The Morgan fingerprint density at radius 3 is 1.76 bits per heavy atom. The molecule has 0 spiro atoms. The summed E-state index contributed by atoms with van der Waals surface area (Å²) in [7, 11) is 0. The van der Waals surface area contributed by atoms with Gasteiger partial charge in [0.15, 0.2) is 0 Å². The number of phenolic OH excluding ortho intramolecular Hbond substituents is 1. The van der Waals surface area contributed by atoms with E-state index in [1.165, 1.54) is 16.3 Å². The zero-order valence-corrected chi connectivity index (χ0v) is 14.9. The van der Waals surface area contributed by atoms with Crippen molar-refractivity contribution < 1.29 is 5.11 Å². The molecule has 0 aromatic heterocycles. The van der Waals surface area contributed by atoms with Crippen LogP contribution < -0.4 is 0 Å². The molecule has 4 aromatic rings. The Kier molecular flexibility index (Phi) is 3.54. The van der Waals surface area contributed by atoms with E-state index in [4.69, 9.17) is 0 Å². The molecule has 124 valence electrons. The van der Waals surface area contributed by atoms with Gasteiger partial charge in [-0.1, -0.05) is 93.6 Å². The van der Waals surface area contributed by atoms with Crippen LogP contribution in [0, 0.1) is 0 Å². The van der Waals surface area contributed by atoms with E-state index in [0.717, 1.165) is 21.9 Å². The normalized spacial score (nSPS) is 12.0. The zero-order valence-electron chi connectivity index (χ0n) is 14.9. The Bertz CT molecular complexity index is 1080. The first kappa shape index (κ1) is 15.7. The van der Waals surface area contributed by atoms with Gasteiger partial charge in [0.25, 0.3) is 0 Å². The molecule has 0 heterocycles. The molecule has 0 fully saturated rings. The lowest BCUT2D eigenvalue weighted by Crippen LogP contribution is -2.13.